The fraction of sp³-hybridized carbons (Fsp3) is 0.375. The van der Waals surface area contributed by atoms with Gasteiger partial charge in [0.15, 0.2) is 0 Å². The highest BCUT2D eigenvalue weighted by molar-refractivity contribution is 5.11. The predicted octanol–water partition coefficient (Wildman–Crippen LogP) is 0.571. The van der Waals surface area contributed by atoms with Gasteiger partial charge < -0.3 is 10.1 Å². The molecule has 2 rings (SSSR count). The molecule has 1 aliphatic heterocycles. The first-order chi connectivity index (χ1) is 5.84. The van der Waals surface area contributed by atoms with Crippen molar-refractivity contribution < 1.29 is 9.13 Å². The van der Waals surface area contributed by atoms with E-state index >= 15 is 0 Å². The molecule has 0 unspecified atom stereocenters. The van der Waals surface area contributed by atoms with Crippen molar-refractivity contribution in [1.82, 2.24) is 10.3 Å². The van der Waals surface area contributed by atoms with Crippen LogP contribution in [-0.2, 0) is 0 Å². The Morgan fingerprint density at radius 1 is 1.50 bits per heavy atom. The molecular formula is C8H9FN2O. The fourth-order valence-electron chi connectivity index (χ4n) is 0.972. The number of hydrogen-bond donors (Lipinski definition) is 1. The first-order valence-electron chi connectivity index (χ1n) is 3.84. The van der Waals surface area contributed by atoms with Gasteiger partial charge in [-0.2, -0.15) is 9.37 Å². The highest BCUT2D eigenvalue weighted by Crippen LogP contribution is 2.10. The van der Waals surface area contributed by atoms with Crippen LogP contribution in [0.1, 0.15) is 0 Å². The molecule has 0 spiro atoms. The molecule has 4 heteroatoms. The van der Waals surface area contributed by atoms with Crippen LogP contribution in [0.25, 0.3) is 0 Å². The summed E-state index contributed by atoms with van der Waals surface area (Å²) >= 11 is 0. The fourth-order valence-corrected chi connectivity index (χ4v) is 0.972. The lowest BCUT2D eigenvalue weighted by molar-refractivity contribution is 0.135. The summed E-state index contributed by atoms with van der Waals surface area (Å²) < 4.78 is 17.9. The van der Waals surface area contributed by atoms with Gasteiger partial charge in [-0.3, -0.25) is 0 Å². The van der Waals surface area contributed by atoms with Crippen LogP contribution < -0.4 is 10.1 Å². The average Bonchev–Trinajstić information content (AvgIpc) is 1.97. The summed E-state index contributed by atoms with van der Waals surface area (Å²) in [4.78, 5) is 3.58. The SMILES string of the molecule is Fc1cccc(OC2CNC2)n1. The molecule has 3 nitrogen and oxygen atoms in total. The van der Waals surface area contributed by atoms with Crippen LogP contribution in [0.15, 0.2) is 18.2 Å². The molecule has 1 fully saturated rings. The van der Waals surface area contributed by atoms with E-state index in [9.17, 15) is 4.39 Å². The molecular weight excluding hydrogens is 159 g/mol. The molecule has 1 aliphatic rings. The number of nitrogens with one attached hydrogen (secondary N) is 1. The summed E-state index contributed by atoms with van der Waals surface area (Å²) in [6, 6.07) is 4.54. The molecule has 1 aromatic rings. The van der Waals surface area contributed by atoms with Crippen molar-refractivity contribution in [3.8, 4) is 5.88 Å². The topological polar surface area (TPSA) is 34.1 Å². The number of rotatable bonds is 2. The molecule has 1 aromatic heterocycles. The van der Waals surface area contributed by atoms with Gasteiger partial charge in [-0.05, 0) is 6.07 Å². The minimum Gasteiger partial charge on any atom is -0.472 e. The zero-order chi connectivity index (χ0) is 8.39. The van der Waals surface area contributed by atoms with E-state index in [1.807, 2.05) is 0 Å². The molecule has 12 heavy (non-hydrogen) atoms. The Bertz CT molecular complexity index is 276. The summed E-state index contributed by atoms with van der Waals surface area (Å²) in [5.74, 6) is -0.138. The maximum absolute atomic E-state index is 12.5. The highest BCUT2D eigenvalue weighted by atomic mass is 19.1. The summed E-state index contributed by atoms with van der Waals surface area (Å²) in [7, 11) is 0. The van der Waals surface area contributed by atoms with Gasteiger partial charge in [-0.25, -0.2) is 0 Å². The number of nitrogens with zero attached hydrogens (tertiary/aromatic N) is 1. The van der Waals surface area contributed by atoms with Crippen molar-refractivity contribution in [2.75, 3.05) is 13.1 Å². The Labute approximate surface area is 69.6 Å². The van der Waals surface area contributed by atoms with E-state index in [4.69, 9.17) is 4.74 Å². The standard InChI is InChI=1S/C8H9FN2O/c9-7-2-1-3-8(11-7)12-6-4-10-5-6/h1-3,6,10H,4-5H2. The third-order valence-electron chi connectivity index (χ3n) is 1.72. The molecule has 0 aromatic carbocycles. The maximum Gasteiger partial charge on any atom is 0.216 e. The molecule has 0 atom stereocenters. The van der Waals surface area contributed by atoms with Gasteiger partial charge in [-0.15, -0.1) is 0 Å². The van der Waals surface area contributed by atoms with E-state index in [0.717, 1.165) is 13.1 Å². The summed E-state index contributed by atoms with van der Waals surface area (Å²) in [5.41, 5.74) is 0. The van der Waals surface area contributed by atoms with E-state index in [0.29, 0.717) is 5.88 Å². The zero-order valence-electron chi connectivity index (χ0n) is 6.46. The normalized spacial score (nSPS) is 17.1. The Balaban J connectivity index is 2.02. The molecule has 0 bridgehead atoms. The Morgan fingerprint density at radius 2 is 2.33 bits per heavy atom. The van der Waals surface area contributed by atoms with Crippen molar-refractivity contribution in [3.63, 3.8) is 0 Å². The maximum atomic E-state index is 12.5. The van der Waals surface area contributed by atoms with Gasteiger partial charge in [0.1, 0.15) is 6.10 Å². The van der Waals surface area contributed by atoms with Crippen molar-refractivity contribution in [1.29, 1.82) is 0 Å². The lowest BCUT2D eigenvalue weighted by atomic mass is 10.2. The average molecular weight is 168 g/mol. The molecule has 1 N–H and O–H groups in total. The van der Waals surface area contributed by atoms with Gasteiger partial charge in [0.25, 0.3) is 0 Å². The van der Waals surface area contributed by atoms with Crippen LogP contribution >= 0.6 is 0 Å². The second-order valence-corrected chi connectivity index (χ2v) is 2.70. The highest BCUT2D eigenvalue weighted by Gasteiger charge is 2.18. The predicted molar refractivity (Wildman–Crippen MR) is 41.5 cm³/mol. The number of ether oxygens (including phenoxy) is 1. The minimum atomic E-state index is -0.500. The van der Waals surface area contributed by atoms with Gasteiger partial charge >= 0.3 is 0 Å². The van der Waals surface area contributed by atoms with E-state index in [2.05, 4.69) is 10.3 Å². The van der Waals surface area contributed by atoms with Crippen molar-refractivity contribution in [2.24, 2.45) is 0 Å². The summed E-state index contributed by atoms with van der Waals surface area (Å²) in [6.07, 6.45) is 0.152. The number of hydrogen-bond acceptors (Lipinski definition) is 3. The number of pyridine rings is 1. The molecule has 1 saturated heterocycles. The van der Waals surface area contributed by atoms with Gasteiger partial charge in [-0.1, -0.05) is 6.07 Å². The van der Waals surface area contributed by atoms with E-state index < -0.39 is 5.95 Å². The smallest absolute Gasteiger partial charge is 0.216 e. The van der Waals surface area contributed by atoms with E-state index in [1.165, 1.54) is 6.07 Å². The van der Waals surface area contributed by atoms with Gasteiger partial charge in [0.2, 0.25) is 11.8 Å². The third kappa shape index (κ3) is 1.53. The number of halogens is 1. The van der Waals surface area contributed by atoms with Gasteiger partial charge in [0.05, 0.1) is 0 Å². The molecule has 2 heterocycles. The largest absolute Gasteiger partial charge is 0.472 e. The van der Waals surface area contributed by atoms with Crippen LogP contribution in [0.5, 0.6) is 5.88 Å². The Morgan fingerprint density at radius 3 is 2.92 bits per heavy atom. The van der Waals surface area contributed by atoms with Crippen LogP contribution in [0, 0.1) is 5.95 Å². The van der Waals surface area contributed by atoms with Crippen LogP contribution in [0.4, 0.5) is 4.39 Å². The molecule has 64 valence electrons. The molecule has 0 amide bonds. The minimum absolute atomic E-state index is 0.152. The Hall–Kier alpha value is -1.16. The second kappa shape index (κ2) is 3.06. The second-order valence-electron chi connectivity index (χ2n) is 2.70. The zero-order valence-corrected chi connectivity index (χ0v) is 6.46. The third-order valence-corrected chi connectivity index (χ3v) is 1.72. The molecule has 0 saturated carbocycles. The van der Waals surface area contributed by atoms with E-state index in [1.54, 1.807) is 12.1 Å². The molecule has 0 aliphatic carbocycles. The lowest BCUT2D eigenvalue weighted by Gasteiger charge is -2.26. The van der Waals surface area contributed by atoms with Gasteiger partial charge in [0, 0.05) is 19.2 Å². The van der Waals surface area contributed by atoms with E-state index in [-0.39, 0.29) is 6.10 Å². The quantitative estimate of drug-likeness (QED) is 0.655. The summed E-state index contributed by atoms with van der Waals surface area (Å²) in [6.45, 7) is 1.64. The number of aromatic nitrogens is 1. The monoisotopic (exact) mass is 168 g/mol. The first-order valence-corrected chi connectivity index (χ1v) is 3.84. The van der Waals surface area contributed by atoms with Crippen LogP contribution in [0.3, 0.4) is 0 Å². The molecule has 0 radical (unpaired) electrons. The Kier molecular flexibility index (Phi) is 1.91. The summed E-state index contributed by atoms with van der Waals surface area (Å²) in [5, 5.41) is 3.05. The van der Waals surface area contributed by atoms with Crippen LogP contribution in [-0.4, -0.2) is 24.2 Å². The first kappa shape index (κ1) is 7.49. The van der Waals surface area contributed by atoms with Crippen molar-refractivity contribution in [3.05, 3.63) is 24.1 Å². The van der Waals surface area contributed by atoms with Crippen LogP contribution in [0.2, 0.25) is 0 Å². The lowest BCUT2D eigenvalue weighted by Crippen LogP contribution is -2.50. The van der Waals surface area contributed by atoms with Crippen molar-refractivity contribution >= 4 is 0 Å². The van der Waals surface area contributed by atoms with Crippen molar-refractivity contribution in [2.45, 2.75) is 6.10 Å².